The highest BCUT2D eigenvalue weighted by Gasteiger charge is 2.38. The fourth-order valence-electron chi connectivity index (χ4n) is 2.36. The van der Waals surface area contributed by atoms with Crippen LogP contribution in [0.5, 0.6) is 0 Å². The normalized spacial score (nSPS) is 30.2. The van der Waals surface area contributed by atoms with Crippen molar-refractivity contribution in [3.05, 3.63) is 18.0 Å². The summed E-state index contributed by atoms with van der Waals surface area (Å²) in [4.78, 5) is 11.3. The molecule has 5 nitrogen and oxygen atoms in total. The molecule has 0 aliphatic heterocycles. The molecule has 1 aromatic rings. The number of aryl methyl sites for hydroxylation is 1. The first-order valence-electron chi connectivity index (χ1n) is 5.62. The maximum Gasteiger partial charge on any atom is 0.237 e. The van der Waals surface area contributed by atoms with Gasteiger partial charge in [-0.2, -0.15) is 5.10 Å². The van der Waals surface area contributed by atoms with Crippen molar-refractivity contribution in [3.8, 4) is 0 Å². The second-order valence-electron chi connectivity index (χ2n) is 4.71. The molecule has 1 aromatic heterocycles. The Hall–Kier alpha value is -1.36. The zero-order valence-corrected chi connectivity index (χ0v) is 9.52. The van der Waals surface area contributed by atoms with E-state index in [0.717, 1.165) is 18.5 Å². The minimum absolute atomic E-state index is 0.194. The van der Waals surface area contributed by atoms with Crippen molar-refractivity contribution in [2.45, 2.75) is 44.2 Å². The highest BCUT2D eigenvalue weighted by molar-refractivity contribution is 5.84. The zero-order chi connectivity index (χ0) is 11.8. The molecule has 0 bridgehead atoms. The van der Waals surface area contributed by atoms with Gasteiger partial charge in [0, 0.05) is 6.20 Å². The van der Waals surface area contributed by atoms with Crippen LogP contribution < -0.4 is 11.5 Å². The first-order valence-corrected chi connectivity index (χ1v) is 5.62. The summed E-state index contributed by atoms with van der Waals surface area (Å²) in [5.74, 6) is -0.402. The van der Waals surface area contributed by atoms with Crippen LogP contribution in [0.4, 0.5) is 0 Å². The number of amides is 1. The lowest BCUT2D eigenvalue weighted by Crippen LogP contribution is -2.54. The topological polar surface area (TPSA) is 86.9 Å². The smallest absolute Gasteiger partial charge is 0.237 e. The average molecular weight is 222 g/mol. The quantitative estimate of drug-likeness (QED) is 0.763. The Morgan fingerprint density at radius 1 is 1.69 bits per heavy atom. The van der Waals surface area contributed by atoms with E-state index in [1.807, 2.05) is 23.9 Å². The van der Waals surface area contributed by atoms with Gasteiger partial charge in [-0.25, -0.2) is 0 Å². The zero-order valence-electron chi connectivity index (χ0n) is 9.52. The van der Waals surface area contributed by atoms with Gasteiger partial charge in [0.25, 0.3) is 0 Å². The summed E-state index contributed by atoms with van der Waals surface area (Å²) in [6.07, 6.45) is 5.13. The van der Waals surface area contributed by atoms with Gasteiger partial charge in [0.15, 0.2) is 0 Å². The van der Waals surface area contributed by atoms with Gasteiger partial charge < -0.3 is 11.5 Å². The van der Waals surface area contributed by atoms with Crippen molar-refractivity contribution < 1.29 is 4.79 Å². The van der Waals surface area contributed by atoms with Crippen LogP contribution in [-0.2, 0) is 4.79 Å². The molecule has 2 rings (SSSR count). The maximum absolute atomic E-state index is 11.3. The molecule has 4 N–H and O–H groups in total. The number of hydrogen-bond donors (Lipinski definition) is 2. The summed E-state index contributed by atoms with van der Waals surface area (Å²) in [5.41, 5.74) is 11.5. The molecule has 1 heterocycles. The van der Waals surface area contributed by atoms with E-state index in [1.54, 1.807) is 0 Å². The van der Waals surface area contributed by atoms with E-state index in [0.29, 0.717) is 12.8 Å². The minimum atomic E-state index is -0.858. The Labute approximate surface area is 94.8 Å². The Kier molecular flexibility index (Phi) is 2.71. The van der Waals surface area contributed by atoms with E-state index >= 15 is 0 Å². The fourth-order valence-corrected chi connectivity index (χ4v) is 2.36. The highest BCUT2D eigenvalue weighted by Crippen LogP contribution is 2.33. The number of aromatic nitrogens is 2. The number of nitrogens with zero attached hydrogens (tertiary/aromatic N) is 2. The summed E-state index contributed by atoms with van der Waals surface area (Å²) < 4.78 is 1.90. The summed E-state index contributed by atoms with van der Waals surface area (Å²) in [7, 11) is 0. The van der Waals surface area contributed by atoms with E-state index in [9.17, 15) is 4.79 Å². The van der Waals surface area contributed by atoms with Crippen LogP contribution in [0.1, 0.15) is 37.4 Å². The average Bonchev–Trinajstić information content (AvgIpc) is 2.65. The predicted molar refractivity (Wildman–Crippen MR) is 60.6 cm³/mol. The van der Waals surface area contributed by atoms with E-state index in [2.05, 4.69) is 5.10 Å². The molecular weight excluding hydrogens is 204 g/mol. The molecule has 0 spiro atoms. The van der Waals surface area contributed by atoms with Gasteiger partial charge in [-0.1, -0.05) is 0 Å². The molecule has 2 unspecified atom stereocenters. The molecule has 1 aliphatic rings. The molecule has 1 aliphatic carbocycles. The number of nitrogens with two attached hydrogens (primary N) is 2. The summed E-state index contributed by atoms with van der Waals surface area (Å²) in [6, 6.07) is 2.15. The number of hydrogen-bond acceptors (Lipinski definition) is 3. The largest absolute Gasteiger partial charge is 0.368 e. The van der Waals surface area contributed by atoms with E-state index in [-0.39, 0.29) is 6.04 Å². The van der Waals surface area contributed by atoms with Crippen molar-refractivity contribution >= 4 is 5.91 Å². The molecular formula is C11H18N4O. The predicted octanol–water partition coefficient (Wildman–Crippen LogP) is 0.489. The third-order valence-corrected chi connectivity index (χ3v) is 3.37. The molecule has 0 radical (unpaired) electrons. The SMILES string of the molecule is Cc1ccn(C2CCCC(N)(C(N)=O)C2)n1. The van der Waals surface area contributed by atoms with Gasteiger partial charge in [0.1, 0.15) is 0 Å². The molecule has 1 saturated carbocycles. The molecule has 1 amide bonds. The summed E-state index contributed by atoms with van der Waals surface area (Å²) in [6.45, 7) is 1.95. The van der Waals surface area contributed by atoms with Crippen LogP contribution >= 0.6 is 0 Å². The first-order chi connectivity index (χ1) is 7.51. The van der Waals surface area contributed by atoms with E-state index in [1.165, 1.54) is 0 Å². The van der Waals surface area contributed by atoms with Crippen LogP contribution in [0.25, 0.3) is 0 Å². The van der Waals surface area contributed by atoms with Crippen LogP contribution in [0.15, 0.2) is 12.3 Å². The van der Waals surface area contributed by atoms with Crippen molar-refractivity contribution in [2.75, 3.05) is 0 Å². The Morgan fingerprint density at radius 2 is 2.44 bits per heavy atom. The van der Waals surface area contributed by atoms with Gasteiger partial charge in [-0.05, 0) is 38.7 Å². The number of carbonyl (C=O) groups excluding carboxylic acids is 1. The van der Waals surface area contributed by atoms with E-state index < -0.39 is 11.4 Å². The number of carbonyl (C=O) groups is 1. The van der Waals surface area contributed by atoms with Gasteiger partial charge in [-0.15, -0.1) is 0 Å². The van der Waals surface area contributed by atoms with E-state index in [4.69, 9.17) is 11.5 Å². The second-order valence-corrected chi connectivity index (χ2v) is 4.71. The molecule has 0 aromatic carbocycles. The Bertz CT molecular complexity index is 400. The Morgan fingerprint density at radius 3 is 3.00 bits per heavy atom. The van der Waals surface area contributed by atoms with Crippen molar-refractivity contribution in [1.29, 1.82) is 0 Å². The summed E-state index contributed by atoms with van der Waals surface area (Å²) in [5, 5.41) is 4.37. The van der Waals surface area contributed by atoms with Crippen LogP contribution in [0, 0.1) is 6.92 Å². The lowest BCUT2D eigenvalue weighted by atomic mass is 9.79. The first kappa shape index (κ1) is 11.1. The third-order valence-electron chi connectivity index (χ3n) is 3.37. The molecule has 5 heteroatoms. The molecule has 16 heavy (non-hydrogen) atoms. The number of primary amides is 1. The summed E-state index contributed by atoms with van der Waals surface area (Å²) >= 11 is 0. The minimum Gasteiger partial charge on any atom is -0.368 e. The lowest BCUT2D eigenvalue weighted by Gasteiger charge is -2.35. The van der Waals surface area contributed by atoms with Gasteiger partial charge >= 0.3 is 0 Å². The van der Waals surface area contributed by atoms with Crippen molar-refractivity contribution in [2.24, 2.45) is 11.5 Å². The van der Waals surface area contributed by atoms with Gasteiger partial charge in [-0.3, -0.25) is 9.48 Å². The van der Waals surface area contributed by atoms with Gasteiger partial charge in [0.2, 0.25) is 5.91 Å². The molecule has 2 atom stereocenters. The second kappa shape index (κ2) is 3.90. The third kappa shape index (κ3) is 1.95. The lowest BCUT2D eigenvalue weighted by molar-refractivity contribution is -0.124. The van der Waals surface area contributed by atoms with Crippen LogP contribution in [0.3, 0.4) is 0 Å². The van der Waals surface area contributed by atoms with Crippen molar-refractivity contribution in [1.82, 2.24) is 9.78 Å². The Balaban J connectivity index is 2.16. The fraction of sp³-hybridized carbons (Fsp3) is 0.636. The van der Waals surface area contributed by atoms with Gasteiger partial charge in [0.05, 0.1) is 17.3 Å². The standard InChI is InChI=1S/C11H18N4O/c1-8-4-6-15(14-8)9-3-2-5-11(13,7-9)10(12)16/h4,6,9H,2-3,5,7,13H2,1H3,(H2,12,16). The van der Waals surface area contributed by atoms with Crippen LogP contribution in [0.2, 0.25) is 0 Å². The molecule has 0 saturated heterocycles. The van der Waals surface area contributed by atoms with Crippen LogP contribution in [-0.4, -0.2) is 21.2 Å². The molecule has 88 valence electrons. The monoisotopic (exact) mass is 222 g/mol. The highest BCUT2D eigenvalue weighted by atomic mass is 16.1. The number of rotatable bonds is 2. The molecule has 1 fully saturated rings. The van der Waals surface area contributed by atoms with Crippen molar-refractivity contribution in [3.63, 3.8) is 0 Å². The maximum atomic E-state index is 11.3.